The molecule has 2 N–H and O–H groups in total. The molecule has 17 heavy (non-hydrogen) atoms. The molecular weight excluding hydrogens is 218 g/mol. The first kappa shape index (κ1) is 13.5. The van der Waals surface area contributed by atoms with Gasteiger partial charge in [-0.25, -0.2) is 0 Å². The lowest BCUT2D eigenvalue weighted by molar-refractivity contribution is -0.146. The number of methoxy groups -OCH3 is 1. The highest BCUT2D eigenvalue weighted by atomic mass is 16.5. The zero-order valence-corrected chi connectivity index (χ0v) is 10.5. The van der Waals surface area contributed by atoms with Crippen molar-refractivity contribution in [1.82, 2.24) is 0 Å². The van der Waals surface area contributed by atoms with Crippen molar-refractivity contribution in [3.05, 3.63) is 29.8 Å². The number of carbonyl (C=O) groups excluding carboxylic acids is 1. The maximum Gasteiger partial charge on any atom is 0.307 e. The van der Waals surface area contributed by atoms with Crippen molar-refractivity contribution in [2.45, 2.75) is 32.4 Å². The second-order valence-electron chi connectivity index (χ2n) is 4.67. The van der Waals surface area contributed by atoms with E-state index < -0.39 is 5.54 Å². The van der Waals surface area contributed by atoms with E-state index in [4.69, 9.17) is 15.2 Å². The summed E-state index contributed by atoms with van der Waals surface area (Å²) in [5.74, 6) is 0.497. The van der Waals surface area contributed by atoms with Crippen LogP contribution < -0.4 is 10.5 Å². The Morgan fingerprint density at radius 3 is 2.35 bits per heavy atom. The quantitative estimate of drug-likeness (QED) is 0.794. The van der Waals surface area contributed by atoms with E-state index in [-0.39, 0.29) is 19.0 Å². The number of rotatable bonds is 5. The molecule has 0 spiro atoms. The minimum atomic E-state index is -0.531. The molecule has 1 aromatic rings. The predicted molar refractivity (Wildman–Crippen MR) is 65.7 cm³/mol. The van der Waals surface area contributed by atoms with Crippen molar-refractivity contribution in [1.29, 1.82) is 0 Å². The average molecular weight is 237 g/mol. The highest BCUT2D eigenvalue weighted by molar-refractivity contribution is 5.70. The Bertz CT molecular complexity index is 365. The summed E-state index contributed by atoms with van der Waals surface area (Å²) in [7, 11) is 1.61. The van der Waals surface area contributed by atoms with Crippen molar-refractivity contribution in [3.63, 3.8) is 0 Å². The third kappa shape index (κ3) is 5.36. The van der Waals surface area contributed by atoms with Crippen LogP contribution in [0.2, 0.25) is 0 Å². The Hall–Kier alpha value is -1.55. The summed E-state index contributed by atoms with van der Waals surface area (Å²) in [6.07, 6.45) is 0.211. The van der Waals surface area contributed by atoms with Gasteiger partial charge in [0.25, 0.3) is 0 Å². The van der Waals surface area contributed by atoms with Gasteiger partial charge in [0.15, 0.2) is 0 Å². The van der Waals surface area contributed by atoms with Crippen LogP contribution in [-0.2, 0) is 16.1 Å². The Labute approximate surface area is 102 Å². The summed E-state index contributed by atoms with van der Waals surface area (Å²) >= 11 is 0. The van der Waals surface area contributed by atoms with E-state index in [1.807, 2.05) is 24.3 Å². The number of esters is 1. The summed E-state index contributed by atoms with van der Waals surface area (Å²) in [5, 5.41) is 0. The highest BCUT2D eigenvalue weighted by Crippen LogP contribution is 2.13. The molecule has 0 aliphatic heterocycles. The van der Waals surface area contributed by atoms with Crippen LogP contribution in [0.4, 0.5) is 0 Å². The third-order valence-electron chi connectivity index (χ3n) is 2.16. The molecule has 0 bridgehead atoms. The van der Waals surface area contributed by atoms with Gasteiger partial charge in [0.05, 0.1) is 13.5 Å². The largest absolute Gasteiger partial charge is 0.497 e. The van der Waals surface area contributed by atoms with Gasteiger partial charge in [0, 0.05) is 5.54 Å². The van der Waals surface area contributed by atoms with Crippen LogP contribution in [0.25, 0.3) is 0 Å². The molecular formula is C13H19NO3. The van der Waals surface area contributed by atoms with Crippen molar-refractivity contribution in [3.8, 4) is 5.75 Å². The zero-order chi connectivity index (χ0) is 12.9. The fourth-order valence-electron chi connectivity index (χ4n) is 1.31. The maximum absolute atomic E-state index is 11.4. The molecule has 0 aliphatic rings. The van der Waals surface area contributed by atoms with E-state index in [1.165, 1.54) is 0 Å². The summed E-state index contributed by atoms with van der Waals surface area (Å²) in [5.41, 5.74) is 6.12. The summed E-state index contributed by atoms with van der Waals surface area (Å²) in [4.78, 5) is 11.4. The van der Waals surface area contributed by atoms with E-state index in [1.54, 1.807) is 21.0 Å². The monoisotopic (exact) mass is 237 g/mol. The summed E-state index contributed by atoms with van der Waals surface area (Å²) in [6.45, 7) is 3.85. The normalized spacial score (nSPS) is 11.1. The molecule has 0 heterocycles. The number of nitrogens with two attached hydrogens (primary N) is 1. The molecule has 0 atom stereocenters. The van der Waals surface area contributed by atoms with Gasteiger partial charge >= 0.3 is 5.97 Å². The van der Waals surface area contributed by atoms with Gasteiger partial charge in [-0.3, -0.25) is 4.79 Å². The lowest BCUT2D eigenvalue weighted by atomic mass is 10.0. The Morgan fingerprint density at radius 1 is 1.29 bits per heavy atom. The molecule has 94 valence electrons. The minimum absolute atomic E-state index is 0.211. The van der Waals surface area contributed by atoms with Crippen molar-refractivity contribution in [2.75, 3.05) is 7.11 Å². The molecule has 1 rings (SSSR count). The van der Waals surface area contributed by atoms with Crippen LogP contribution in [0, 0.1) is 0 Å². The van der Waals surface area contributed by atoms with Gasteiger partial charge in [-0.1, -0.05) is 12.1 Å². The van der Waals surface area contributed by atoms with Gasteiger partial charge in [0.2, 0.25) is 0 Å². The van der Waals surface area contributed by atoms with Crippen molar-refractivity contribution < 1.29 is 14.3 Å². The van der Waals surface area contributed by atoms with Crippen molar-refractivity contribution in [2.24, 2.45) is 5.73 Å². The molecule has 0 amide bonds. The fraction of sp³-hybridized carbons (Fsp3) is 0.462. The molecule has 0 radical (unpaired) electrons. The van der Waals surface area contributed by atoms with Crippen LogP contribution in [0.5, 0.6) is 5.75 Å². The second-order valence-corrected chi connectivity index (χ2v) is 4.67. The van der Waals surface area contributed by atoms with Crippen molar-refractivity contribution >= 4 is 5.97 Å². The molecule has 0 unspecified atom stereocenters. The van der Waals surface area contributed by atoms with Crippen LogP contribution in [0.3, 0.4) is 0 Å². The molecule has 1 aromatic carbocycles. The number of hydrogen-bond acceptors (Lipinski definition) is 4. The SMILES string of the molecule is COc1ccc(COC(=O)CC(C)(C)N)cc1. The van der Waals surface area contributed by atoms with Gasteiger partial charge in [-0.2, -0.15) is 0 Å². The molecule has 4 heteroatoms. The molecule has 0 aromatic heterocycles. The molecule has 0 aliphatic carbocycles. The van der Waals surface area contributed by atoms with Crippen LogP contribution in [0.1, 0.15) is 25.8 Å². The van der Waals surface area contributed by atoms with Crippen LogP contribution in [-0.4, -0.2) is 18.6 Å². The lowest BCUT2D eigenvalue weighted by Gasteiger charge is -2.16. The number of carbonyl (C=O) groups is 1. The van der Waals surface area contributed by atoms with Gasteiger partial charge in [0.1, 0.15) is 12.4 Å². The lowest BCUT2D eigenvalue weighted by Crippen LogP contribution is -2.35. The number of ether oxygens (including phenoxy) is 2. The Morgan fingerprint density at radius 2 is 1.88 bits per heavy atom. The standard InChI is InChI=1S/C13H19NO3/c1-13(2,14)8-12(15)17-9-10-4-6-11(16-3)7-5-10/h4-7H,8-9,14H2,1-3H3. The van der Waals surface area contributed by atoms with E-state index in [0.717, 1.165) is 11.3 Å². The predicted octanol–water partition coefficient (Wildman–Crippen LogP) is 1.87. The first-order chi connectivity index (χ1) is 7.90. The van der Waals surface area contributed by atoms with E-state index in [9.17, 15) is 4.79 Å². The average Bonchev–Trinajstić information content (AvgIpc) is 2.25. The smallest absolute Gasteiger partial charge is 0.307 e. The Balaban J connectivity index is 2.42. The number of benzene rings is 1. The first-order valence-electron chi connectivity index (χ1n) is 5.48. The van der Waals surface area contributed by atoms with Gasteiger partial charge in [-0.05, 0) is 31.5 Å². The highest BCUT2D eigenvalue weighted by Gasteiger charge is 2.17. The first-order valence-corrected chi connectivity index (χ1v) is 5.48. The maximum atomic E-state index is 11.4. The molecule has 4 nitrogen and oxygen atoms in total. The third-order valence-corrected chi connectivity index (χ3v) is 2.16. The minimum Gasteiger partial charge on any atom is -0.497 e. The van der Waals surface area contributed by atoms with E-state index in [0.29, 0.717) is 0 Å². The van der Waals surface area contributed by atoms with Crippen LogP contribution >= 0.6 is 0 Å². The van der Waals surface area contributed by atoms with Gasteiger partial charge < -0.3 is 15.2 Å². The zero-order valence-electron chi connectivity index (χ0n) is 10.5. The Kier molecular flexibility index (Phi) is 4.52. The fourth-order valence-corrected chi connectivity index (χ4v) is 1.31. The van der Waals surface area contributed by atoms with Gasteiger partial charge in [-0.15, -0.1) is 0 Å². The molecule has 0 fully saturated rings. The summed E-state index contributed by atoms with van der Waals surface area (Å²) in [6, 6.07) is 7.38. The van der Waals surface area contributed by atoms with E-state index in [2.05, 4.69) is 0 Å². The second kappa shape index (κ2) is 5.68. The van der Waals surface area contributed by atoms with Crippen LogP contribution in [0.15, 0.2) is 24.3 Å². The molecule has 0 saturated heterocycles. The topological polar surface area (TPSA) is 61.5 Å². The number of hydrogen-bond donors (Lipinski definition) is 1. The van der Waals surface area contributed by atoms with E-state index >= 15 is 0 Å². The molecule has 0 saturated carbocycles. The summed E-state index contributed by atoms with van der Waals surface area (Å²) < 4.78 is 10.2.